The largest absolute Gasteiger partial charge is 0.453 e. The first-order valence-electron chi connectivity index (χ1n) is 12.9. The summed E-state index contributed by atoms with van der Waals surface area (Å²) in [7, 11) is 1.27. The number of aliphatic hydroxyl groups is 1. The summed E-state index contributed by atoms with van der Waals surface area (Å²) in [5, 5.41) is 15.2. The van der Waals surface area contributed by atoms with Crippen molar-refractivity contribution < 1.29 is 19.4 Å². The third kappa shape index (κ3) is 9.01. The summed E-state index contributed by atoms with van der Waals surface area (Å²) in [5.41, 5.74) is 6.73. The van der Waals surface area contributed by atoms with E-state index in [1.165, 1.54) is 7.11 Å². The number of hydrogen-bond donors (Lipinski definition) is 3. The topological polar surface area (TPSA) is 90.9 Å². The summed E-state index contributed by atoms with van der Waals surface area (Å²) < 4.78 is 4.73. The number of methoxy groups -OCH3 is 1. The summed E-state index contributed by atoms with van der Waals surface area (Å²) in [6, 6.07) is 27.4. The predicted octanol–water partition coefficient (Wildman–Crippen LogP) is 4.95. The number of nitrogens with one attached hydrogen (secondary N) is 2. The van der Waals surface area contributed by atoms with E-state index in [0.29, 0.717) is 13.0 Å². The van der Waals surface area contributed by atoms with Crippen molar-refractivity contribution >= 4 is 12.0 Å². The van der Waals surface area contributed by atoms with Gasteiger partial charge >= 0.3 is 6.09 Å². The fourth-order valence-electron chi connectivity index (χ4n) is 4.20. The minimum Gasteiger partial charge on any atom is -0.453 e. The quantitative estimate of drug-likeness (QED) is 0.313. The molecule has 7 heteroatoms. The summed E-state index contributed by atoms with van der Waals surface area (Å²) in [5.74, 6) is -0.376. The Morgan fingerprint density at radius 3 is 2.03 bits per heavy atom. The van der Waals surface area contributed by atoms with Gasteiger partial charge in [0.25, 0.3) is 5.91 Å². The highest BCUT2D eigenvalue weighted by atomic mass is 16.5. The van der Waals surface area contributed by atoms with Gasteiger partial charge in [0.15, 0.2) is 0 Å². The number of nitrogens with zero attached hydrogens (tertiary/aromatic N) is 1. The van der Waals surface area contributed by atoms with Gasteiger partial charge in [-0.2, -0.15) is 0 Å². The van der Waals surface area contributed by atoms with Crippen LogP contribution in [0.15, 0.2) is 84.9 Å². The van der Waals surface area contributed by atoms with Gasteiger partial charge in [-0.15, -0.1) is 0 Å². The van der Waals surface area contributed by atoms with Gasteiger partial charge in [-0.3, -0.25) is 10.2 Å². The van der Waals surface area contributed by atoms with Gasteiger partial charge in [-0.25, -0.2) is 9.80 Å². The van der Waals surface area contributed by atoms with E-state index in [4.69, 9.17) is 4.74 Å². The molecule has 3 N–H and O–H groups in total. The van der Waals surface area contributed by atoms with E-state index in [2.05, 4.69) is 22.9 Å². The first-order chi connectivity index (χ1) is 18.2. The van der Waals surface area contributed by atoms with Crippen molar-refractivity contribution in [2.24, 2.45) is 5.41 Å². The Labute approximate surface area is 225 Å². The van der Waals surface area contributed by atoms with Crippen LogP contribution in [0, 0.1) is 5.41 Å². The second-order valence-corrected chi connectivity index (χ2v) is 10.5. The Bertz CT molecular complexity index is 1150. The minimum absolute atomic E-state index is 0.230. The molecule has 0 aliphatic rings. The summed E-state index contributed by atoms with van der Waals surface area (Å²) in [4.78, 5) is 25.3. The molecule has 0 aliphatic carbocycles. The van der Waals surface area contributed by atoms with Gasteiger partial charge < -0.3 is 15.2 Å². The molecule has 7 nitrogen and oxygen atoms in total. The van der Waals surface area contributed by atoms with Crippen molar-refractivity contribution in [3.8, 4) is 11.1 Å². The molecule has 38 heavy (non-hydrogen) atoms. The molecule has 0 saturated carbocycles. The minimum atomic E-state index is -0.834. The molecule has 3 aromatic rings. The average molecular weight is 518 g/mol. The molecule has 0 aliphatic heterocycles. The number of hydrazine groups is 1. The highest BCUT2D eigenvalue weighted by molar-refractivity contribution is 5.86. The van der Waals surface area contributed by atoms with Gasteiger partial charge in [-0.1, -0.05) is 106 Å². The number of aryl methyl sites for hydroxylation is 1. The smallest absolute Gasteiger partial charge is 0.407 e. The normalized spacial score (nSPS) is 13.0. The number of aliphatic hydroxyl groups excluding tert-OH is 1. The molecular formula is C31H39N3O4. The van der Waals surface area contributed by atoms with Crippen molar-refractivity contribution in [1.29, 1.82) is 0 Å². The van der Waals surface area contributed by atoms with Crippen LogP contribution in [-0.4, -0.2) is 47.9 Å². The van der Waals surface area contributed by atoms with Crippen molar-refractivity contribution in [3.63, 3.8) is 0 Å². The van der Waals surface area contributed by atoms with Gasteiger partial charge in [0.1, 0.15) is 6.04 Å². The number of amides is 2. The highest BCUT2D eigenvalue weighted by Gasteiger charge is 2.34. The molecule has 3 aromatic carbocycles. The molecule has 0 unspecified atom stereocenters. The molecule has 0 aromatic heterocycles. The van der Waals surface area contributed by atoms with Gasteiger partial charge in [0, 0.05) is 13.1 Å². The van der Waals surface area contributed by atoms with Crippen molar-refractivity contribution in [1.82, 2.24) is 15.8 Å². The summed E-state index contributed by atoms with van der Waals surface area (Å²) >= 11 is 0. The molecule has 0 spiro atoms. The third-order valence-electron chi connectivity index (χ3n) is 6.32. The second-order valence-electron chi connectivity index (χ2n) is 10.5. The average Bonchev–Trinajstić information content (AvgIpc) is 2.91. The maximum absolute atomic E-state index is 13.3. The Morgan fingerprint density at radius 1 is 0.868 bits per heavy atom. The van der Waals surface area contributed by atoms with Gasteiger partial charge in [0.05, 0.1) is 13.2 Å². The Hall–Kier alpha value is -3.68. The molecule has 3 rings (SSSR count). The fourth-order valence-corrected chi connectivity index (χ4v) is 4.20. The number of ether oxygens (including phenoxy) is 1. The predicted molar refractivity (Wildman–Crippen MR) is 150 cm³/mol. The van der Waals surface area contributed by atoms with Crippen molar-refractivity contribution in [2.75, 3.05) is 13.7 Å². The van der Waals surface area contributed by atoms with Crippen LogP contribution < -0.4 is 10.7 Å². The zero-order valence-corrected chi connectivity index (χ0v) is 22.7. The lowest BCUT2D eigenvalue weighted by atomic mass is 9.86. The van der Waals surface area contributed by atoms with Gasteiger partial charge in [-0.05, 0) is 40.5 Å². The van der Waals surface area contributed by atoms with Crippen LogP contribution in [-0.2, 0) is 22.5 Å². The van der Waals surface area contributed by atoms with Crippen LogP contribution in [0.5, 0.6) is 0 Å². The van der Waals surface area contributed by atoms with Crippen LogP contribution in [0.3, 0.4) is 0 Å². The van der Waals surface area contributed by atoms with E-state index < -0.39 is 23.7 Å². The molecule has 0 fully saturated rings. The number of alkyl carbamates (subject to hydrolysis) is 1. The molecular weight excluding hydrogens is 478 g/mol. The van der Waals surface area contributed by atoms with E-state index in [-0.39, 0.29) is 12.5 Å². The Kier molecular flexibility index (Phi) is 10.4. The maximum Gasteiger partial charge on any atom is 0.407 e. The van der Waals surface area contributed by atoms with Gasteiger partial charge in [0.2, 0.25) is 0 Å². The van der Waals surface area contributed by atoms with Crippen LogP contribution in [0.1, 0.15) is 38.3 Å². The highest BCUT2D eigenvalue weighted by Crippen LogP contribution is 2.21. The molecule has 0 radical (unpaired) electrons. The first kappa shape index (κ1) is 28.9. The first-order valence-corrected chi connectivity index (χ1v) is 12.9. The molecule has 202 valence electrons. The summed E-state index contributed by atoms with van der Waals surface area (Å²) in [6.45, 7) is 6.23. The summed E-state index contributed by atoms with van der Waals surface area (Å²) in [6.07, 6.45) is -0.0666. The van der Waals surface area contributed by atoms with Crippen molar-refractivity contribution in [2.45, 2.75) is 52.3 Å². The Balaban J connectivity index is 1.74. The molecule has 2 atom stereocenters. The lowest BCUT2D eigenvalue weighted by Crippen LogP contribution is -2.57. The van der Waals surface area contributed by atoms with E-state index in [1.54, 1.807) is 5.01 Å². The number of hydrogen-bond acceptors (Lipinski definition) is 5. The van der Waals surface area contributed by atoms with Crippen LogP contribution in [0.2, 0.25) is 0 Å². The van der Waals surface area contributed by atoms with E-state index in [0.717, 1.165) is 28.7 Å². The zero-order valence-electron chi connectivity index (χ0n) is 22.7. The number of rotatable bonds is 11. The fraction of sp³-hybridized carbons (Fsp3) is 0.355. The lowest BCUT2D eigenvalue weighted by Gasteiger charge is -2.33. The SMILES string of the molecule is COC(=O)N[C@H](C(=O)NN(Cc1ccc(-c2ccccc2)cc1)C[C@H](O)CCc1ccccc1)C(C)(C)C. The van der Waals surface area contributed by atoms with E-state index in [1.807, 2.05) is 93.6 Å². The standard InChI is InChI=1S/C31H39N3O4/c1-31(2,3)28(32-30(37)38-4)29(36)33-34(22-27(35)20-17-23-11-7-5-8-12-23)21-24-15-18-26(19-16-24)25-13-9-6-10-14-25/h5-16,18-19,27-28,35H,17,20-22H2,1-4H3,(H,32,37)(H,33,36)/t27-,28-/m1/s1. The maximum atomic E-state index is 13.3. The molecule has 0 saturated heterocycles. The van der Waals surface area contributed by atoms with Crippen LogP contribution in [0.4, 0.5) is 4.79 Å². The molecule has 0 bridgehead atoms. The number of carbonyl (C=O) groups is 2. The second kappa shape index (κ2) is 13.7. The number of benzene rings is 3. The van der Waals surface area contributed by atoms with Crippen LogP contribution in [0.25, 0.3) is 11.1 Å². The van der Waals surface area contributed by atoms with Crippen LogP contribution >= 0.6 is 0 Å². The zero-order chi connectivity index (χ0) is 27.5. The third-order valence-corrected chi connectivity index (χ3v) is 6.32. The lowest BCUT2D eigenvalue weighted by molar-refractivity contribution is -0.131. The molecule has 2 amide bonds. The Morgan fingerprint density at radius 2 is 1.45 bits per heavy atom. The molecule has 0 heterocycles. The monoisotopic (exact) mass is 517 g/mol. The number of carbonyl (C=O) groups excluding carboxylic acids is 2. The van der Waals surface area contributed by atoms with E-state index >= 15 is 0 Å². The van der Waals surface area contributed by atoms with Crippen molar-refractivity contribution in [3.05, 3.63) is 96.1 Å². The van der Waals surface area contributed by atoms with E-state index in [9.17, 15) is 14.7 Å².